The summed E-state index contributed by atoms with van der Waals surface area (Å²) in [4.78, 5) is 11.5. The van der Waals surface area contributed by atoms with E-state index in [1.54, 1.807) is 0 Å². The van der Waals surface area contributed by atoms with E-state index in [2.05, 4.69) is 0 Å². The summed E-state index contributed by atoms with van der Waals surface area (Å²) in [5.74, 6) is -0.429. The predicted molar refractivity (Wildman–Crippen MR) is 69.2 cm³/mol. The summed E-state index contributed by atoms with van der Waals surface area (Å²) in [5, 5.41) is -1.33. The fraction of sp³-hybridized carbons (Fsp3) is 0.462. The van der Waals surface area contributed by atoms with E-state index < -0.39 is 21.2 Å². The van der Waals surface area contributed by atoms with Crippen LogP contribution in [0, 0.1) is 0 Å². The van der Waals surface area contributed by atoms with Gasteiger partial charge in [-0.25, -0.2) is 0 Å². The Bertz CT molecular complexity index is 537. The summed E-state index contributed by atoms with van der Waals surface area (Å²) in [6.45, 7) is 0.373. The molecule has 1 fully saturated rings. The van der Waals surface area contributed by atoms with Gasteiger partial charge in [0.25, 0.3) is 10.1 Å². The molecule has 5 nitrogen and oxygen atoms in total. The van der Waals surface area contributed by atoms with Crippen LogP contribution in [0.25, 0.3) is 0 Å². The highest BCUT2D eigenvalue weighted by atomic mass is 32.2. The summed E-state index contributed by atoms with van der Waals surface area (Å²) in [7, 11) is -4.32. The highest BCUT2D eigenvalue weighted by molar-refractivity contribution is 7.87. The van der Waals surface area contributed by atoms with Crippen LogP contribution in [0.4, 0.5) is 0 Å². The van der Waals surface area contributed by atoms with Crippen LogP contribution in [0.5, 0.6) is 0 Å². The van der Waals surface area contributed by atoms with Crippen molar-refractivity contribution >= 4 is 15.9 Å². The van der Waals surface area contributed by atoms with E-state index >= 15 is 0 Å². The minimum atomic E-state index is -4.32. The zero-order chi connectivity index (χ0) is 13.9. The zero-order valence-electron chi connectivity index (χ0n) is 10.4. The lowest BCUT2D eigenvalue weighted by atomic mass is 9.96. The molecule has 1 aliphatic carbocycles. The molecule has 2 atom stereocenters. The number of ketones is 1. The van der Waals surface area contributed by atoms with Crippen molar-refractivity contribution in [3.05, 3.63) is 35.9 Å². The average molecular weight is 284 g/mol. The maximum absolute atomic E-state index is 11.5. The molecule has 6 heteroatoms. The first-order valence-corrected chi connectivity index (χ1v) is 7.61. The molecule has 1 saturated carbocycles. The van der Waals surface area contributed by atoms with Crippen molar-refractivity contribution in [2.24, 2.45) is 0 Å². The van der Waals surface area contributed by atoms with Crippen molar-refractivity contribution in [3.8, 4) is 0 Å². The van der Waals surface area contributed by atoms with Crippen LogP contribution in [0.2, 0.25) is 0 Å². The number of rotatable bonds is 4. The first-order valence-electron chi connectivity index (χ1n) is 6.11. The van der Waals surface area contributed by atoms with Crippen LogP contribution in [-0.2, 0) is 26.3 Å². The molecule has 1 N–H and O–H groups in total. The molecular formula is C13H16O5S. The SMILES string of the molecule is O=C1CCC(OCc2ccccc2)CC1S(=O)(=O)O. The van der Waals surface area contributed by atoms with Gasteiger partial charge in [0.1, 0.15) is 5.25 Å². The highest BCUT2D eigenvalue weighted by Gasteiger charge is 2.37. The van der Waals surface area contributed by atoms with Crippen LogP contribution >= 0.6 is 0 Å². The standard InChI is InChI=1S/C13H16O5S/c14-12-7-6-11(8-13(12)19(15,16)17)18-9-10-4-2-1-3-5-10/h1-5,11,13H,6-9H2,(H,15,16,17). The zero-order valence-corrected chi connectivity index (χ0v) is 11.2. The fourth-order valence-electron chi connectivity index (χ4n) is 2.18. The lowest BCUT2D eigenvalue weighted by molar-refractivity contribution is -0.122. The van der Waals surface area contributed by atoms with Gasteiger partial charge in [-0.3, -0.25) is 9.35 Å². The molecule has 0 heterocycles. The first-order chi connectivity index (χ1) is 8.97. The Morgan fingerprint density at radius 1 is 1.26 bits per heavy atom. The van der Waals surface area contributed by atoms with Gasteiger partial charge in [-0.2, -0.15) is 8.42 Å². The fourth-order valence-corrected chi connectivity index (χ4v) is 3.09. The Balaban J connectivity index is 1.94. The molecule has 0 aromatic heterocycles. The van der Waals surface area contributed by atoms with Crippen molar-refractivity contribution in [1.82, 2.24) is 0 Å². The molecule has 104 valence electrons. The van der Waals surface area contributed by atoms with Crippen LogP contribution < -0.4 is 0 Å². The molecule has 0 spiro atoms. The smallest absolute Gasteiger partial charge is 0.275 e. The number of carbonyl (C=O) groups excluding carboxylic acids is 1. The number of benzene rings is 1. The van der Waals surface area contributed by atoms with Gasteiger partial charge in [0.2, 0.25) is 0 Å². The number of Topliss-reactive ketones (excluding diaryl/α,β-unsaturated/α-hetero) is 1. The molecule has 0 radical (unpaired) electrons. The topological polar surface area (TPSA) is 80.7 Å². The summed E-state index contributed by atoms with van der Waals surface area (Å²) >= 11 is 0. The largest absolute Gasteiger partial charge is 0.373 e. The minimum absolute atomic E-state index is 0.0322. The molecule has 0 amide bonds. The summed E-state index contributed by atoms with van der Waals surface area (Å²) in [6.07, 6.45) is 0.344. The third-order valence-electron chi connectivity index (χ3n) is 3.24. The molecule has 19 heavy (non-hydrogen) atoms. The molecule has 0 bridgehead atoms. The van der Waals surface area contributed by atoms with E-state index in [0.29, 0.717) is 13.0 Å². The molecule has 1 aliphatic rings. The lowest BCUT2D eigenvalue weighted by Gasteiger charge is -2.26. The summed E-state index contributed by atoms with van der Waals surface area (Å²) in [5.41, 5.74) is 0.989. The van der Waals surface area contributed by atoms with Crippen molar-refractivity contribution in [2.45, 2.75) is 37.2 Å². The summed E-state index contributed by atoms with van der Waals surface area (Å²) < 4.78 is 36.8. The Kier molecular flexibility index (Phi) is 4.34. The van der Waals surface area contributed by atoms with Crippen molar-refractivity contribution in [2.75, 3.05) is 0 Å². The van der Waals surface area contributed by atoms with Gasteiger partial charge in [-0.1, -0.05) is 30.3 Å². The molecular weight excluding hydrogens is 268 g/mol. The number of ether oxygens (including phenoxy) is 1. The molecule has 2 unspecified atom stereocenters. The van der Waals surface area contributed by atoms with Crippen LogP contribution in [0.1, 0.15) is 24.8 Å². The number of hydrogen-bond acceptors (Lipinski definition) is 4. The van der Waals surface area contributed by atoms with E-state index in [1.165, 1.54) is 0 Å². The Morgan fingerprint density at radius 2 is 1.95 bits per heavy atom. The van der Waals surface area contributed by atoms with Gasteiger partial charge in [-0.05, 0) is 18.4 Å². The molecule has 1 aromatic carbocycles. The monoisotopic (exact) mass is 284 g/mol. The molecule has 0 saturated heterocycles. The van der Waals surface area contributed by atoms with E-state index in [9.17, 15) is 13.2 Å². The molecule has 1 aromatic rings. The third-order valence-corrected chi connectivity index (χ3v) is 4.41. The Hall–Kier alpha value is -1.24. The second kappa shape index (κ2) is 5.81. The summed E-state index contributed by atoms with van der Waals surface area (Å²) in [6, 6.07) is 9.51. The second-order valence-corrected chi connectivity index (χ2v) is 6.26. The van der Waals surface area contributed by atoms with Crippen molar-refractivity contribution in [3.63, 3.8) is 0 Å². The van der Waals surface area contributed by atoms with Crippen LogP contribution in [0.15, 0.2) is 30.3 Å². The van der Waals surface area contributed by atoms with E-state index in [0.717, 1.165) is 5.56 Å². The third kappa shape index (κ3) is 3.86. The lowest BCUT2D eigenvalue weighted by Crippen LogP contribution is -2.39. The van der Waals surface area contributed by atoms with Gasteiger partial charge in [0, 0.05) is 6.42 Å². The van der Waals surface area contributed by atoms with Gasteiger partial charge < -0.3 is 4.74 Å². The van der Waals surface area contributed by atoms with Gasteiger partial charge in [-0.15, -0.1) is 0 Å². The molecule has 0 aliphatic heterocycles. The van der Waals surface area contributed by atoms with E-state index in [-0.39, 0.29) is 18.9 Å². The van der Waals surface area contributed by atoms with Gasteiger partial charge >= 0.3 is 0 Å². The Labute approximate surface area is 112 Å². The van der Waals surface area contributed by atoms with Crippen LogP contribution in [0.3, 0.4) is 0 Å². The van der Waals surface area contributed by atoms with Crippen molar-refractivity contribution in [1.29, 1.82) is 0 Å². The van der Waals surface area contributed by atoms with E-state index in [4.69, 9.17) is 9.29 Å². The maximum Gasteiger partial charge on any atom is 0.275 e. The normalized spacial score (nSPS) is 24.4. The maximum atomic E-state index is 11.5. The van der Waals surface area contributed by atoms with Crippen LogP contribution in [-0.4, -0.2) is 30.1 Å². The van der Waals surface area contributed by atoms with E-state index in [1.807, 2.05) is 30.3 Å². The van der Waals surface area contributed by atoms with Gasteiger partial charge in [0.15, 0.2) is 5.78 Å². The number of hydrogen-bond donors (Lipinski definition) is 1. The Morgan fingerprint density at radius 3 is 2.58 bits per heavy atom. The van der Waals surface area contributed by atoms with Crippen molar-refractivity contribution < 1.29 is 22.5 Å². The highest BCUT2D eigenvalue weighted by Crippen LogP contribution is 2.24. The number of carbonyl (C=O) groups is 1. The minimum Gasteiger partial charge on any atom is -0.373 e. The quantitative estimate of drug-likeness (QED) is 0.849. The predicted octanol–water partition coefficient (Wildman–Crippen LogP) is 1.58. The van der Waals surface area contributed by atoms with Gasteiger partial charge in [0.05, 0.1) is 12.7 Å². The first kappa shape index (κ1) is 14.2. The molecule has 2 rings (SSSR count). The second-order valence-electron chi connectivity index (χ2n) is 4.66. The average Bonchev–Trinajstić information content (AvgIpc) is 2.37.